The minimum atomic E-state index is -1.64. The van der Waals surface area contributed by atoms with Crippen LogP contribution in [-0.2, 0) is 11.5 Å². The quantitative estimate of drug-likeness (QED) is 0.806. The summed E-state index contributed by atoms with van der Waals surface area (Å²) in [6.07, 6.45) is 1.61. The van der Waals surface area contributed by atoms with Crippen molar-refractivity contribution < 1.29 is 18.9 Å². The van der Waals surface area contributed by atoms with Crippen molar-refractivity contribution in [3.63, 3.8) is 0 Å². The molecule has 0 aliphatic rings. The number of thioether (sulfide) groups is 1. The van der Waals surface area contributed by atoms with E-state index in [9.17, 15) is 4.39 Å². The molecule has 0 atom stereocenters. The fourth-order valence-corrected chi connectivity index (χ4v) is 2.44. The highest BCUT2D eigenvalue weighted by atomic mass is 32.2. The number of rotatable bonds is 5. The molecule has 0 aliphatic heterocycles. The Bertz CT molecular complexity index is 502. The molecule has 0 saturated carbocycles. The van der Waals surface area contributed by atoms with Gasteiger partial charge in [0.15, 0.2) is 0 Å². The van der Waals surface area contributed by atoms with Crippen molar-refractivity contribution in [1.29, 1.82) is 0 Å². The first-order chi connectivity index (χ1) is 8.65. The van der Waals surface area contributed by atoms with E-state index in [-0.39, 0.29) is 5.46 Å². The van der Waals surface area contributed by atoms with E-state index in [1.165, 1.54) is 6.07 Å². The minimum absolute atomic E-state index is 0.170. The second-order valence-corrected chi connectivity index (χ2v) is 4.82. The molecule has 1 heterocycles. The average molecular weight is 266 g/mol. The van der Waals surface area contributed by atoms with E-state index in [2.05, 4.69) is 0 Å². The lowest BCUT2D eigenvalue weighted by atomic mass is 9.79. The molecular weight excluding hydrogens is 254 g/mol. The highest BCUT2D eigenvalue weighted by Crippen LogP contribution is 2.18. The third-order valence-electron chi connectivity index (χ3n) is 2.37. The molecule has 0 fully saturated rings. The first-order valence-electron chi connectivity index (χ1n) is 5.41. The Morgan fingerprint density at radius 2 is 2.06 bits per heavy atom. The molecule has 18 heavy (non-hydrogen) atoms. The molecule has 94 valence electrons. The standard InChI is InChI=1S/C12H12BFO3S/c14-11-5-9(4-10(6-11)13(15)16)7-18-8-12-2-1-3-17-12/h1-6,15-16H,7-8H2. The maximum absolute atomic E-state index is 13.2. The van der Waals surface area contributed by atoms with Gasteiger partial charge in [0.25, 0.3) is 0 Å². The summed E-state index contributed by atoms with van der Waals surface area (Å²) < 4.78 is 18.4. The smallest absolute Gasteiger partial charge is 0.468 e. The van der Waals surface area contributed by atoms with Crippen molar-refractivity contribution in [3.05, 3.63) is 53.7 Å². The van der Waals surface area contributed by atoms with Crippen LogP contribution in [0.4, 0.5) is 4.39 Å². The van der Waals surface area contributed by atoms with Crippen molar-refractivity contribution in [3.8, 4) is 0 Å². The molecule has 0 bridgehead atoms. The third kappa shape index (κ3) is 3.63. The van der Waals surface area contributed by atoms with Gasteiger partial charge in [0, 0.05) is 5.75 Å². The van der Waals surface area contributed by atoms with Gasteiger partial charge < -0.3 is 14.5 Å². The fraction of sp³-hybridized carbons (Fsp3) is 0.167. The van der Waals surface area contributed by atoms with E-state index in [0.29, 0.717) is 11.5 Å². The van der Waals surface area contributed by atoms with Crippen LogP contribution in [0.15, 0.2) is 41.0 Å². The van der Waals surface area contributed by atoms with Gasteiger partial charge in [-0.15, -0.1) is 11.8 Å². The summed E-state index contributed by atoms with van der Waals surface area (Å²) in [6.45, 7) is 0. The summed E-state index contributed by atoms with van der Waals surface area (Å²) in [5.41, 5.74) is 0.887. The molecule has 0 saturated heterocycles. The van der Waals surface area contributed by atoms with Gasteiger partial charge in [-0.2, -0.15) is 0 Å². The second-order valence-electron chi connectivity index (χ2n) is 3.84. The first-order valence-corrected chi connectivity index (χ1v) is 6.56. The molecule has 1 aromatic carbocycles. The van der Waals surface area contributed by atoms with Crippen LogP contribution in [0.1, 0.15) is 11.3 Å². The third-order valence-corrected chi connectivity index (χ3v) is 3.40. The number of hydrogen-bond acceptors (Lipinski definition) is 4. The predicted molar refractivity (Wildman–Crippen MR) is 69.9 cm³/mol. The molecule has 6 heteroatoms. The Labute approximate surface area is 109 Å². The maximum atomic E-state index is 13.2. The fourth-order valence-electron chi connectivity index (χ4n) is 1.57. The Kier molecular flexibility index (Phi) is 4.46. The lowest BCUT2D eigenvalue weighted by molar-refractivity contribution is 0.425. The topological polar surface area (TPSA) is 53.6 Å². The Morgan fingerprint density at radius 1 is 1.22 bits per heavy atom. The van der Waals surface area contributed by atoms with Gasteiger partial charge in [0.2, 0.25) is 0 Å². The van der Waals surface area contributed by atoms with Gasteiger partial charge in [-0.25, -0.2) is 4.39 Å². The molecule has 0 unspecified atom stereocenters. The highest BCUT2D eigenvalue weighted by Gasteiger charge is 2.13. The predicted octanol–water partition coefficient (Wildman–Crippen LogP) is 1.53. The van der Waals surface area contributed by atoms with Crippen molar-refractivity contribution in [2.75, 3.05) is 0 Å². The highest BCUT2D eigenvalue weighted by molar-refractivity contribution is 7.97. The number of halogens is 1. The van der Waals surface area contributed by atoms with E-state index in [0.717, 1.165) is 17.4 Å². The van der Waals surface area contributed by atoms with Crippen LogP contribution in [0.25, 0.3) is 0 Å². The SMILES string of the molecule is OB(O)c1cc(F)cc(CSCc2ccco2)c1. The Morgan fingerprint density at radius 3 is 2.72 bits per heavy atom. The molecule has 3 nitrogen and oxygen atoms in total. The van der Waals surface area contributed by atoms with Crippen LogP contribution >= 0.6 is 11.8 Å². The molecule has 0 radical (unpaired) electrons. The van der Waals surface area contributed by atoms with Gasteiger partial charge in [0.05, 0.1) is 12.0 Å². The van der Waals surface area contributed by atoms with Crippen molar-refractivity contribution in [2.24, 2.45) is 0 Å². The van der Waals surface area contributed by atoms with E-state index < -0.39 is 12.9 Å². The van der Waals surface area contributed by atoms with Crippen molar-refractivity contribution in [1.82, 2.24) is 0 Å². The molecule has 1 aromatic heterocycles. The monoisotopic (exact) mass is 266 g/mol. The largest absolute Gasteiger partial charge is 0.488 e. The van der Waals surface area contributed by atoms with Gasteiger partial charge in [0.1, 0.15) is 11.6 Å². The van der Waals surface area contributed by atoms with Crippen LogP contribution in [0.3, 0.4) is 0 Å². The first kappa shape index (κ1) is 13.2. The molecule has 2 rings (SSSR count). The van der Waals surface area contributed by atoms with Gasteiger partial charge in [-0.1, -0.05) is 6.07 Å². The Hall–Kier alpha value is -1.24. The number of benzene rings is 1. The van der Waals surface area contributed by atoms with Crippen LogP contribution in [0.2, 0.25) is 0 Å². The normalized spacial score (nSPS) is 10.6. The summed E-state index contributed by atoms with van der Waals surface area (Å²) in [5.74, 6) is 1.67. The lowest BCUT2D eigenvalue weighted by Crippen LogP contribution is -2.30. The summed E-state index contributed by atoms with van der Waals surface area (Å²) >= 11 is 1.57. The van der Waals surface area contributed by atoms with Crippen LogP contribution in [0.5, 0.6) is 0 Å². The van der Waals surface area contributed by atoms with Gasteiger partial charge in [-0.3, -0.25) is 0 Å². The second kappa shape index (κ2) is 6.09. The van der Waals surface area contributed by atoms with Gasteiger partial charge >= 0.3 is 7.12 Å². The summed E-state index contributed by atoms with van der Waals surface area (Å²) in [4.78, 5) is 0. The molecule has 0 amide bonds. The van der Waals surface area contributed by atoms with Crippen LogP contribution in [0, 0.1) is 5.82 Å². The van der Waals surface area contributed by atoms with Crippen molar-refractivity contribution >= 4 is 24.3 Å². The zero-order chi connectivity index (χ0) is 13.0. The molecular formula is C12H12BFO3S. The minimum Gasteiger partial charge on any atom is -0.468 e. The van der Waals surface area contributed by atoms with Crippen molar-refractivity contribution in [2.45, 2.75) is 11.5 Å². The van der Waals surface area contributed by atoms with E-state index in [1.54, 1.807) is 24.1 Å². The van der Waals surface area contributed by atoms with E-state index in [1.807, 2.05) is 12.1 Å². The number of hydrogen-bond donors (Lipinski definition) is 2. The average Bonchev–Trinajstić information content (AvgIpc) is 2.81. The number of furan rings is 1. The van der Waals surface area contributed by atoms with Crippen LogP contribution in [-0.4, -0.2) is 17.2 Å². The van der Waals surface area contributed by atoms with E-state index >= 15 is 0 Å². The molecule has 0 aliphatic carbocycles. The zero-order valence-electron chi connectivity index (χ0n) is 9.54. The Balaban J connectivity index is 1.96. The molecule has 2 N–H and O–H groups in total. The molecule has 0 spiro atoms. The van der Waals surface area contributed by atoms with Gasteiger partial charge in [-0.05, 0) is 35.3 Å². The zero-order valence-corrected chi connectivity index (χ0v) is 10.4. The van der Waals surface area contributed by atoms with Crippen LogP contribution < -0.4 is 5.46 Å². The summed E-state index contributed by atoms with van der Waals surface area (Å²) in [5, 5.41) is 18.0. The summed E-state index contributed by atoms with van der Waals surface area (Å²) in [7, 11) is -1.64. The summed E-state index contributed by atoms with van der Waals surface area (Å²) in [6, 6.07) is 7.79. The molecule has 2 aromatic rings. The van der Waals surface area contributed by atoms with E-state index in [4.69, 9.17) is 14.5 Å². The maximum Gasteiger partial charge on any atom is 0.488 e. The lowest BCUT2D eigenvalue weighted by Gasteiger charge is -2.05.